The molecule has 5 heterocycles. The van der Waals surface area contributed by atoms with Gasteiger partial charge < -0.3 is 18.9 Å². The number of hydrogen-bond donors (Lipinski definition) is 0. The molecule has 13 aromatic carbocycles. The molecule has 0 bridgehead atoms. The van der Waals surface area contributed by atoms with Gasteiger partial charge in [-0.3, -0.25) is 0 Å². The second-order valence-corrected chi connectivity index (χ2v) is 23.2. The van der Waals surface area contributed by atoms with Crippen LogP contribution in [0.15, 0.2) is 322 Å². The summed E-state index contributed by atoms with van der Waals surface area (Å²) < 4.78 is 4.92. The minimum absolute atomic E-state index is 0.00941. The van der Waals surface area contributed by atoms with Crippen LogP contribution >= 0.6 is 0 Å². The summed E-state index contributed by atoms with van der Waals surface area (Å²) in [5.41, 5.74) is 26.7. The highest BCUT2D eigenvalue weighted by molar-refractivity contribution is 7.00. The Bertz CT molecular complexity index is 5360. The normalized spacial score (nSPS) is 12.4. The molecule has 0 fully saturated rings. The molecule has 0 amide bonds. The predicted molar refractivity (Wildman–Crippen MR) is 372 cm³/mol. The smallest absolute Gasteiger partial charge is 0.252 e. The molecule has 0 spiro atoms. The first kappa shape index (κ1) is 50.5. The Labute approximate surface area is 515 Å². The van der Waals surface area contributed by atoms with Gasteiger partial charge >= 0.3 is 0 Å². The van der Waals surface area contributed by atoms with E-state index in [0.717, 1.165) is 89.6 Å². The van der Waals surface area contributed by atoms with Crippen LogP contribution in [0.2, 0.25) is 0 Å². The lowest BCUT2D eigenvalue weighted by molar-refractivity contribution is 1.16. The first-order valence-electron chi connectivity index (χ1n) is 30.5. The van der Waals surface area contributed by atoms with E-state index in [1.54, 1.807) is 0 Å². The summed E-state index contributed by atoms with van der Waals surface area (Å²) in [6.45, 7) is -0.00941. The number of fused-ring (bicyclic) bond motifs is 10. The largest absolute Gasteiger partial charge is 0.311 e. The summed E-state index contributed by atoms with van der Waals surface area (Å²) >= 11 is 0. The molecule has 3 aromatic heterocycles. The molecule has 0 aliphatic carbocycles. The standard InChI is InChI=1S/C82H53BN6/c1-6-24-56(25-7-1)70-52-71(85-82(84-70)57-26-8-2-9-27-57)58-46-48-74(89-73-39-21-17-35-64(73)67-51-66-63-34-16-20-38-72(63)86(78(66)53-79(67)89)59-28-10-3-11-29-59)65(50-58)55-44-42-54(43-45-55)62-47-49-77-80-81(62)88(61-32-14-5-15-33-61)76-41-23-19-37-69(76)83(80)68-36-18-22-40-75(68)87(77)60-30-12-4-13-31-60/h1-53H. The summed E-state index contributed by atoms with van der Waals surface area (Å²) in [5, 5.41) is 4.84. The predicted octanol–water partition coefficient (Wildman–Crippen LogP) is 19.1. The van der Waals surface area contributed by atoms with Gasteiger partial charge in [0.1, 0.15) is 0 Å². The molecule has 0 atom stereocenters. The Kier molecular flexibility index (Phi) is 11.6. The van der Waals surface area contributed by atoms with Gasteiger partial charge in [0, 0.05) is 83.5 Å². The Morgan fingerprint density at radius 1 is 0.258 bits per heavy atom. The summed E-state index contributed by atoms with van der Waals surface area (Å²) in [6.07, 6.45) is 0. The number of aromatic nitrogens is 4. The van der Waals surface area contributed by atoms with E-state index >= 15 is 0 Å². The second kappa shape index (κ2) is 20.4. The van der Waals surface area contributed by atoms with Crippen LogP contribution in [0.3, 0.4) is 0 Å². The second-order valence-electron chi connectivity index (χ2n) is 23.2. The molecule has 89 heavy (non-hydrogen) atoms. The van der Waals surface area contributed by atoms with Gasteiger partial charge in [-0.1, -0.05) is 224 Å². The van der Waals surface area contributed by atoms with Crippen molar-refractivity contribution < 1.29 is 0 Å². The van der Waals surface area contributed by atoms with Crippen molar-refractivity contribution in [3.63, 3.8) is 0 Å². The number of para-hydroxylation sites is 7. The molecule has 6 nitrogen and oxygen atoms in total. The third-order valence-electron chi connectivity index (χ3n) is 18.3. The molecule has 0 saturated carbocycles. The van der Waals surface area contributed by atoms with Crippen LogP contribution in [0.25, 0.3) is 111 Å². The van der Waals surface area contributed by atoms with Gasteiger partial charge in [-0.2, -0.15) is 0 Å². The summed E-state index contributed by atoms with van der Waals surface area (Å²) in [7, 11) is 0. The number of rotatable bonds is 9. The lowest BCUT2D eigenvalue weighted by Gasteiger charge is -2.45. The van der Waals surface area contributed by atoms with E-state index in [2.05, 4.69) is 334 Å². The van der Waals surface area contributed by atoms with Gasteiger partial charge in [-0.05, 0) is 125 Å². The first-order chi connectivity index (χ1) is 44.2. The van der Waals surface area contributed by atoms with E-state index in [9.17, 15) is 0 Å². The lowest BCUT2D eigenvalue weighted by Crippen LogP contribution is -2.61. The molecule has 0 N–H and O–H groups in total. The maximum absolute atomic E-state index is 5.40. The summed E-state index contributed by atoms with van der Waals surface area (Å²) in [5.74, 6) is 0.677. The van der Waals surface area contributed by atoms with Crippen molar-refractivity contribution >= 4 is 101 Å². The van der Waals surface area contributed by atoms with E-state index in [4.69, 9.17) is 9.97 Å². The molecule has 0 unspecified atom stereocenters. The van der Waals surface area contributed by atoms with Crippen molar-refractivity contribution in [1.82, 2.24) is 19.1 Å². The van der Waals surface area contributed by atoms with E-state index < -0.39 is 0 Å². The first-order valence-corrected chi connectivity index (χ1v) is 30.5. The Morgan fingerprint density at radius 2 is 0.719 bits per heavy atom. The fourth-order valence-electron chi connectivity index (χ4n) is 14.4. The summed E-state index contributed by atoms with van der Waals surface area (Å²) in [4.78, 5) is 15.6. The fraction of sp³-hybridized carbons (Fsp3) is 0. The topological polar surface area (TPSA) is 42.1 Å². The third-order valence-corrected chi connectivity index (χ3v) is 18.3. The van der Waals surface area contributed by atoms with Crippen LogP contribution in [0.5, 0.6) is 0 Å². The van der Waals surface area contributed by atoms with Gasteiger partial charge in [-0.15, -0.1) is 0 Å². The van der Waals surface area contributed by atoms with Crippen LogP contribution in [-0.4, -0.2) is 25.8 Å². The van der Waals surface area contributed by atoms with Crippen molar-refractivity contribution in [3.05, 3.63) is 322 Å². The van der Waals surface area contributed by atoms with Crippen molar-refractivity contribution in [1.29, 1.82) is 0 Å². The number of hydrogen-bond acceptors (Lipinski definition) is 4. The summed E-state index contributed by atoms with van der Waals surface area (Å²) in [6, 6.07) is 117. The minimum atomic E-state index is -0.00941. The Morgan fingerprint density at radius 3 is 1.35 bits per heavy atom. The van der Waals surface area contributed by atoms with Gasteiger partial charge in [0.05, 0.1) is 44.8 Å². The van der Waals surface area contributed by atoms with E-state index in [1.165, 1.54) is 66.2 Å². The molecular formula is C82H53BN6. The highest BCUT2D eigenvalue weighted by atomic mass is 15.2. The number of nitrogens with zero attached hydrogens (tertiary/aromatic N) is 6. The fourth-order valence-corrected chi connectivity index (χ4v) is 14.4. The van der Waals surface area contributed by atoms with Crippen LogP contribution in [0, 0.1) is 0 Å². The van der Waals surface area contributed by atoms with Crippen molar-refractivity contribution in [2.24, 2.45) is 0 Å². The van der Waals surface area contributed by atoms with Gasteiger partial charge in [0.15, 0.2) is 5.82 Å². The number of benzene rings is 13. The van der Waals surface area contributed by atoms with E-state index in [1.807, 2.05) is 6.07 Å². The highest BCUT2D eigenvalue weighted by Crippen LogP contribution is 2.49. The van der Waals surface area contributed by atoms with Crippen molar-refractivity contribution in [3.8, 4) is 67.5 Å². The molecule has 2 aliphatic rings. The number of anilines is 6. The Balaban J connectivity index is 0.878. The SMILES string of the molecule is c1ccc(-c2cc(-c3ccc(-n4c5ccccc5c5cc6c7ccccc7n(-c7ccccc7)c6cc54)c(-c4ccc(-c5ccc6c7c5N(c5ccccc5)c5ccccc5B7c5ccccc5N6c5ccccc5)cc4)c3)nc(-c3ccccc3)n2)cc1. The van der Waals surface area contributed by atoms with Crippen LogP contribution in [0.1, 0.15) is 0 Å². The monoisotopic (exact) mass is 1130 g/mol. The third kappa shape index (κ3) is 8.06. The van der Waals surface area contributed by atoms with Gasteiger partial charge in [0.2, 0.25) is 0 Å². The molecule has 2 aliphatic heterocycles. The molecule has 0 saturated heterocycles. The highest BCUT2D eigenvalue weighted by Gasteiger charge is 2.44. The lowest BCUT2D eigenvalue weighted by atomic mass is 9.33. The van der Waals surface area contributed by atoms with Crippen LogP contribution < -0.4 is 26.2 Å². The van der Waals surface area contributed by atoms with Crippen LogP contribution in [0.4, 0.5) is 34.1 Å². The molecule has 7 heteroatoms. The Hall–Kier alpha value is -11.8. The molecule has 18 rings (SSSR count). The zero-order valence-electron chi connectivity index (χ0n) is 48.4. The van der Waals surface area contributed by atoms with E-state index in [0.29, 0.717) is 5.82 Å². The maximum atomic E-state index is 5.40. The minimum Gasteiger partial charge on any atom is -0.311 e. The molecule has 16 aromatic rings. The molecule has 414 valence electrons. The quantitative estimate of drug-likeness (QED) is 0.135. The molecule has 0 radical (unpaired) electrons. The maximum Gasteiger partial charge on any atom is 0.252 e. The van der Waals surface area contributed by atoms with Crippen molar-refractivity contribution in [2.45, 2.75) is 0 Å². The zero-order chi connectivity index (χ0) is 58.5. The average Bonchev–Trinajstić information content (AvgIpc) is 0.890. The van der Waals surface area contributed by atoms with E-state index in [-0.39, 0.29) is 6.71 Å². The van der Waals surface area contributed by atoms with Gasteiger partial charge in [-0.25, -0.2) is 9.97 Å². The van der Waals surface area contributed by atoms with Crippen LogP contribution in [-0.2, 0) is 0 Å². The zero-order valence-corrected chi connectivity index (χ0v) is 48.4. The van der Waals surface area contributed by atoms with Crippen molar-refractivity contribution in [2.75, 3.05) is 9.80 Å². The molecular weight excluding hydrogens is 1080 g/mol. The van der Waals surface area contributed by atoms with Gasteiger partial charge in [0.25, 0.3) is 6.71 Å². The average molecular weight is 1130 g/mol.